The number of hydrogen-bond acceptors (Lipinski definition) is 4. The molecule has 3 aliphatic carbocycles. The molecule has 0 radical (unpaired) electrons. The Morgan fingerprint density at radius 2 is 1.17 bits per heavy atom. The molecule has 0 atom stereocenters. The minimum absolute atomic E-state index is 0.0352. The molecule has 0 aliphatic heterocycles. The van der Waals surface area contributed by atoms with E-state index in [1.165, 1.54) is 38.5 Å². The number of carbonyl (C=O) groups excluding carboxylic acids is 1. The minimum Gasteiger partial charge on any atom is -0.460 e. The average molecular weight is 338 g/mol. The van der Waals surface area contributed by atoms with Crippen LogP contribution in [0.5, 0.6) is 0 Å². The maximum Gasteiger partial charge on any atom is 0.309 e. The van der Waals surface area contributed by atoms with Crippen molar-refractivity contribution in [2.75, 3.05) is 6.61 Å². The van der Waals surface area contributed by atoms with Gasteiger partial charge in [0.15, 0.2) is 6.29 Å². The van der Waals surface area contributed by atoms with Gasteiger partial charge in [0.25, 0.3) is 0 Å². The molecule has 0 unspecified atom stereocenters. The SMILES string of the molecule is O=C(OCC(OC1CCCC1)OC1CCCC1)C1CCCCCC1. The molecule has 0 aromatic carbocycles. The van der Waals surface area contributed by atoms with Gasteiger partial charge in [-0.2, -0.15) is 0 Å². The van der Waals surface area contributed by atoms with Crippen molar-refractivity contribution >= 4 is 5.97 Å². The first-order valence-corrected chi connectivity index (χ1v) is 10.3. The molecule has 3 fully saturated rings. The normalized spacial score (nSPS) is 24.5. The lowest BCUT2D eigenvalue weighted by Crippen LogP contribution is -2.33. The lowest BCUT2D eigenvalue weighted by Gasteiger charge is -2.26. The van der Waals surface area contributed by atoms with E-state index in [0.717, 1.165) is 51.4 Å². The van der Waals surface area contributed by atoms with E-state index in [0.29, 0.717) is 0 Å². The van der Waals surface area contributed by atoms with Crippen molar-refractivity contribution in [2.45, 2.75) is 108 Å². The third kappa shape index (κ3) is 5.73. The smallest absolute Gasteiger partial charge is 0.309 e. The van der Waals surface area contributed by atoms with Gasteiger partial charge in [-0.05, 0) is 38.5 Å². The first-order valence-electron chi connectivity index (χ1n) is 10.3. The van der Waals surface area contributed by atoms with E-state index < -0.39 is 0 Å². The van der Waals surface area contributed by atoms with Gasteiger partial charge in [-0.3, -0.25) is 4.79 Å². The first kappa shape index (κ1) is 18.2. The Morgan fingerprint density at radius 3 is 1.67 bits per heavy atom. The minimum atomic E-state index is -0.370. The molecule has 4 heteroatoms. The topological polar surface area (TPSA) is 44.8 Å². The Labute approximate surface area is 146 Å². The molecule has 0 saturated heterocycles. The fraction of sp³-hybridized carbons (Fsp3) is 0.950. The van der Waals surface area contributed by atoms with Crippen molar-refractivity contribution < 1.29 is 19.0 Å². The average Bonchev–Trinajstić information content (AvgIpc) is 3.21. The number of hydrogen-bond donors (Lipinski definition) is 0. The van der Waals surface area contributed by atoms with Gasteiger partial charge in [0.2, 0.25) is 0 Å². The summed E-state index contributed by atoms with van der Waals surface area (Å²) >= 11 is 0. The van der Waals surface area contributed by atoms with Gasteiger partial charge in [0.05, 0.1) is 18.1 Å². The van der Waals surface area contributed by atoms with Crippen LogP contribution in [-0.2, 0) is 19.0 Å². The fourth-order valence-electron chi connectivity index (χ4n) is 4.37. The van der Waals surface area contributed by atoms with E-state index >= 15 is 0 Å². The zero-order valence-corrected chi connectivity index (χ0v) is 15.0. The molecule has 3 rings (SSSR count). The van der Waals surface area contributed by atoms with Gasteiger partial charge in [-0.15, -0.1) is 0 Å². The maximum atomic E-state index is 12.4. The van der Waals surface area contributed by atoms with Gasteiger partial charge < -0.3 is 14.2 Å². The van der Waals surface area contributed by atoms with Gasteiger partial charge in [0.1, 0.15) is 6.61 Å². The molecule has 138 valence electrons. The van der Waals surface area contributed by atoms with Crippen molar-refractivity contribution in [3.05, 3.63) is 0 Å². The van der Waals surface area contributed by atoms with Gasteiger partial charge in [0, 0.05) is 0 Å². The number of rotatable bonds is 7. The summed E-state index contributed by atoms with van der Waals surface area (Å²) in [5.74, 6) is 0.0538. The highest BCUT2D eigenvalue weighted by Gasteiger charge is 2.28. The predicted octanol–water partition coefficient (Wildman–Crippen LogP) is 4.74. The Bertz CT molecular complexity index is 346. The third-order valence-corrected chi connectivity index (χ3v) is 5.84. The van der Waals surface area contributed by atoms with E-state index in [1.54, 1.807) is 0 Å². The first-order chi connectivity index (χ1) is 11.8. The van der Waals surface area contributed by atoms with Crippen LogP contribution in [0.1, 0.15) is 89.9 Å². The molecular weight excluding hydrogens is 304 g/mol. The van der Waals surface area contributed by atoms with Crippen LogP contribution in [0.15, 0.2) is 0 Å². The van der Waals surface area contributed by atoms with E-state index in [-0.39, 0.29) is 37.0 Å². The van der Waals surface area contributed by atoms with E-state index in [4.69, 9.17) is 14.2 Å². The predicted molar refractivity (Wildman–Crippen MR) is 92.6 cm³/mol. The number of carbonyl (C=O) groups is 1. The van der Waals surface area contributed by atoms with Crippen molar-refractivity contribution in [3.8, 4) is 0 Å². The van der Waals surface area contributed by atoms with Crippen molar-refractivity contribution in [1.29, 1.82) is 0 Å². The zero-order chi connectivity index (χ0) is 16.6. The number of ether oxygens (including phenoxy) is 3. The highest BCUT2D eigenvalue weighted by atomic mass is 16.7. The molecule has 24 heavy (non-hydrogen) atoms. The Balaban J connectivity index is 1.46. The highest BCUT2D eigenvalue weighted by Crippen LogP contribution is 2.27. The van der Waals surface area contributed by atoms with E-state index in [9.17, 15) is 4.79 Å². The van der Waals surface area contributed by atoms with Crippen molar-refractivity contribution in [2.24, 2.45) is 5.92 Å². The van der Waals surface area contributed by atoms with Crippen LogP contribution in [0.4, 0.5) is 0 Å². The summed E-state index contributed by atoms with van der Waals surface area (Å²) in [7, 11) is 0. The molecule has 0 spiro atoms. The van der Waals surface area contributed by atoms with Crippen molar-refractivity contribution in [1.82, 2.24) is 0 Å². The molecule has 3 aliphatic rings. The van der Waals surface area contributed by atoms with E-state index in [2.05, 4.69) is 0 Å². The molecule has 0 amide bonds. The summed E-state index contributed by atoms with van der Waals surface area (Å²) in [6.45, 7) is 0.266. The maximum absolute atomic E-state index is 12.4. The van der Waals surface area contributed by atoms with Crippen LogP contribution in [0.3, 0.4) is 0 Å². The van der Waals surface area contributed by atoms with Crippen LogP contribution in [-0.4, -0.2) is 31.1 Å². The van der Waals surface area contributed by atoms with Gasteiger partial charge >= 0.3 is 5.97 Å². The van der Waals surface area contributed by atoms with Crippen LogP contribution < -0.4 is 0 Å². The molecule has 0 heterocycles. The van der Waals surface area contributed by atoms with E-state index in [1.807, 2.05) is 0 Å². The fourth-order valence-corrected chi connectivity index (χ4v) is 4.37. The second-order valence-corrected chi connectivity index (χ2v) is 7.83. The summed E-state index contributed by atoms with van der Waals surface area (Å²) in [5.41, 5.74) is 0. The monoisotopic (exact) mass is 338 g/mol. The van der Waals surface area contributed by atoms with Gasteiger partial charge in [-0.25, -0.2) is 0 Å². The summed E-state index contributed by atoms with van der Waals surface area (Å²) in [5, 5.41) is 0. The molecular formula is C20H34O4. The lowest BCUT2D eigenvalue weighted by molar-refractivity contribution is -0.216. The summed E-state index contributed by atoms with van der Waals surface area (Å²) in [6.07, 6.45) is 16.4. The molecule has 0 aromatic heterocycles. The quantitative estimate of drug-likeness (QED) is 0.382. The van der Waals surface area contributed by atoms with Crippen LogP contribution in [0.25, 0.3) is 0 Å². The van der Waals surface area contributed by atoms with Gasteiger partial charge in [-0.1, -0.05) is 51.4 Å². The summed E-state index contributed by atoms with van der Waals surface area (Å²) < 4.78 is 17.9. The molecule has 0 aromatic rings. The molecule has 3 saturated carbocycles. The number of esters is 1. The molecule has 0 bridgehead atoms. The highest BCUT2D eigenvalue weighted by molar-refractivity contribution is 5.72. The summed E-state index contributed by atoms with van der Waals surface area (Å²) in [4.78, 5) is 12.4. The van der Waals surface area contributed by atoms with Crippen LogP contribution in [0, 0.1) is 5.92 Å². The second-order valence-electron chi connectivity index (χ2n) is 7.83. The van der Waals surface area contributed by atoms with Crippen LogP contribution >= 0.6 is 0 Å². The standard InChI is InChI=1S/C20H34O4/c21-20(16-9-3-1-2-4-10-16)22-15-19(23-17-11-5-6-12-17)24-18-13-7-8-14-18/h16-19H,1-15H2. The molecule has 0 N–H and O–H groups in total. The third-order valence-electron chi connectivity index (χ3n) is 5.84. The lowest BCUT2D eigenvalue weighted by atomic mass is 10.0. The Kier molecular flexibility index (Phi) is 7.40. The van der Waals surface area contributed by atoms with Crippen LogP contribution in [0.2, 0.25) is 0 Å². The Hall–Kier alpha value is -0.610. The van der Waals surface area contributed by atoms with Crippen molar-refractivity contribution in [3.63, 3.8) is 0 Å². The zero-order valence-electron chi connectivity index (χ0n) is 15.0. The second kappa shape index (κ2) is 9.76. The largest absolute Gasteiger partial charge is 0.460 e. The molecule has 4 nitrogen and oxygen atoms in total. The summed E-state index contributed by atoms with van der Waals surface area (Å²) in [6, 6.07) is 0. The Morgan fingerprint density at radius 1 is 0.708 bits per heavy atom.